The monoisotopic (exact) mass is 795 g/mol. The van der Waals surface area contributed by atoms with Crippen LogP contribution in [0.4, 0.5) is 17.2 Å². The predicted octanol–water partition coefficient (Wildman–Crippen LogP) is 5.38. The number of piperazine rings is 1. The minimum Gasteiger partial charge on any atom is -0.508 e. The molecule has 304 valence electrons. The van der Waals surface area contributed by atoms with Crippen molar-refractivity contribution in [3.63, 3.8) is 0 Å². The standard InChI is InChI=1S/C46H49N7O6/c1-29-38(46(56)53(33-8-10-37(54)11-9-33)34-19-31-12-13-48(2)44(31)47-23-34)20-41(49(29)3)39-21-42-43(59-28-58-42)22-40(39)45(55)52-24-32-7-5-4-6-30(32)18-35(52)25-50-14-15-51-16-17-57-27-36(51)26-50/h4-11,19-23,35-36,54H,12-18,24-28H2,1-3H3/t35-,36+/m0/s1. The number of benzene rings is 3. The quantitative estimate of drug-likeness (QED) is 0.230. The highest BCUT2D eigenvalue weighted by molar-refractivity contribution is 6.12. The molecule has 13 heteroatoms. The minimum atomic E-state index is -0.257. The van der Waals surface area contributed by atoms with Crippen LogP contribution >= 0.6 is 0 Å². The molecule has 5 aliphatic heterocycles. The molecule has 0 bridgehead atoms. The summed E-state index contributed by atoms with van der Waals surface area (Å²) in [5.74, 6) is 1.74. The van der Waals surface area contributed by atoms with E-state index in [0.29, 0.717) is 57.8 Å². The van der Waals surface area contributed by atoms with Crippen LogP contribution in [0.15, 0.2) is 79.0 Å². The number of phenolic OH excluding ortho intramolecular Hbond substituents is 1. The molecule has 0 radical (unpaired) electrons. The number of ether oxygens (including phenoxy) is 3. The second-order valence-electron chi connectivity index (χ2n) is 16.4. The van der Waals surface area contributed by atoms with E-state index in [-0.39, 0.29) is 30.4 Å². The van der Waals surface area contributed by atoms with Crippen molar-refractivity contribution < 1.29 is 28.9 Å². The third-order valence-corrected chi connectivity index (χ3v) is 13.0. The number of pyridine rings is 1. The second kappa shape index (κ2) is 15.0. The van der Waals surface area contributed by atoms with E-state index in [1.54, 1.807) is 35.4 Å². The first-order valence-corrected chi connectivity index (χ1v) is 20.6. The Morgan fingerprint density at radius 1 is 0.881 bits per heavy atom. The van der Waals surface area contributed by atoms with Crippen LogP contribution in [0.2, 0.25) is 0 Å². The van der Waals surface area contributed by atoms with Gasteiger partial charge in [0.25, 0.3) is 11.8 Å². The maximum absolute atomic E-state index is 15.3. The van der Waals surface area contributed by atoms with Crippen LogP contribution in [-0.4, -0.2) is 120 Å². The van der Waals surface area contributed by atoms with Gasteiger partial charge in [-0.15, -0.1) is 0 Å². The summed E-state index contributed by atoms with van der Waals surface area (Å²) in [6, 6.07) is 23.0. The molecule has 2 aromatic heterocycles. The number of morpholine rings is 1. The van der Waals surface area contributed by atoms with Crippen LogP contribution in [0.5, 0.6) is 17.2 Å². The summed E-state index contributed by atoms with van der Waals surface area (Å²) in [6.07, 6.45) is 3.32. The Balaban J connectivity index is 1.02. The van der Waals surface area contributed by atoms with Gasteiger partial charge in [-0.1, -0.05) is 24.3 Å². The Morgan fingerprint density at radius 3 is 2.51 bits per heavy atom. The smallest absolute Gasteiger partial charge is 0.264 e. The molecule has 2 saturated heterocycles. The SMILES string of the molecule is Cc1c(C(=O)N(c2ccc(O)cc2)c2cnc3c(c2)CCN3C)cc(-c2cc3c(cc2C(=O)N2Cc4ccccc4C[C@H]2CN2CCN4CCOC[C@H]4C2)OCO3)n1C. The number of hydrogen-bond acceptors (Lipinski definition) is 10. The summed E-state index contributed by atoms with van der Waals surface area (Å²) in [6.45, 7) is 9.43. The molecule has 0 saturated carbocycles. The van der Waals surface area contributed by atoms with Crippen LogP contribution in [0.1, 0.15) is 43.1 Å². The number of aromatic hydroxyl groups is 1. The normalized spacial score (nSPS) is 20.0. The zero-order valence-corrected chi connectivity index (χ0v) is 33.8. The number of anilines is 3. The number of hydrogen-bond donors (Lipinski definition) is 1. The van der Waals surface area contributed by atoms with Gasteiger partial charge in [0.1, 0.15) is 11.6 Å². The minimum absolute atomic E-state index is 0.0568. The average Bonchev–Trinajstić information content (AvgIpc) is 3.96. The summed E-state index contributed by atoms with van der Waals surface area (Å²) >= 11 is 0. The van der Waals surface area contributed by atoms with Crippen molar-refractivity contribution in [3.05, 3.63) is 113 Å². The molecule has 13 nitrogen and oxygen atoms in total. The summed E-state index contributed by atoms with van der Waals surface area (Å²) in [7, 11) is 3.94. The largest absolute Gasteiger partial charge is 0.508 e. The van der Waals surface area contributed by atoms with Crippen molar-refractivity contribution in [2.45, 2.75) is 38.4 Å². The second-order valence-corrected chi connectivity index (χ2v) is 16.4. The van der Waals surface area contributed by atoms with Gasteiger partial charge in [-0.05, 0) is 85.0 Å². The van der Waals surface area contributed by atoms with Gasteiger partial charge < -0.3 is 33.7 Å². The molecule has 1 N–H and O–H groups in total. The van der Waals surface area contributed by atoms with Crippen LogP contribution < -0.4 is 19.3 Å². The van der Waals surface area contributed by atoms with Crippen LogP contribution in [0, 0.1) is 6.92 Å². The van der Waals surface area contributed by atoms with Crippen LogP contribution in [0.25, 0.3) is 11.3 Å². The zero-order valence-electron chi connectivity index (χ0n) is 33.8. The highest BCUT2D eigenvalue weighted by atomic mass is 16.7. The fourth-order valence-corrected chi connectivity index (χ4v) is 9.56. The van der Waals surface area contributed by atoms with Crippen molar-refractivity contribution in [1.29, 1.82) is 0 Å². The summed E-state index contributed by atoms with van der Waals surface area (Å²) in [5.41, 5.74) is 7.78. The molecule has 2 fully saturated rings. The molecule has 0 spiro atoms. The number of carbonyl (C=O) groups is 2. The lowest BCUT2D eigenvalue weighted by Crippen LogP contribution is -2.60. The number of likely N-dealkylation sites (N-methyl/N-ethyl adjacent to an activating group) is 1. The van der Waals surface area contributed by atoms with Gasteiger partial charge in [-0.3, -0.25) is 24.3 Å². The molecule has 2 atom stereocenters. The zero-order chi connectivity index (χ0) is 40.4. The third kappa shape index (κ3) is 6.76. The van der Waals surface area contributed by atoms with E-state index in [1.807, 2.05) is 60.8 Å². The third-order valence-electron chi connectivity index (χ3n) is 13.0. The van der Waals surface area contributed by atoms with E-state index in [0.717, 1.165) is 88.0 Å². The maximum atomic E-state index is 15.3. The molecule has 2 amide bonds. The lowest BCUT2D eigenvalue weighted by molar-refractivity contribution is -0.0485. The van der Waals surface area contributed by atoms with E-state index in [1.165, 1.54) is 5.56 Å². The lowest BCUT2D eigenvalue weighted by Gasteiger charge is -2.46. The first-order chi connectivity index (χ1) is 28.7. The molecular weight excluding hydrogens is 747 g/mol. The van der Waals surface area contributed by atoms with E-state index in [4.69, 9.17) is 19.2 Å². The van der Waals surface area contributed by atoms with E-state index in [9.17, 15) is 9.90 Å². The molecule has 59 heavy (non-hydrogen) atoms. The van der Waals surface area contributed by atoms with Crippen molar-refractivity contribution in [1.82, 2.24) is 24.3 Å². The van der Waals surface area contributed by atoms with E-state index >= 15 is 4.79 Å². The number of nitrogens with zero attached hydrogens (tertiary/aromatic N) is 7. The highest BCUT2D eigenvalue weighted by Gasteiger charge is 2.37. The molecule has 0 unspecified atom stereocenters. The maximum Gasteiger partial charge on any atom is 0.264 e. The fraction of sp³-hybridized carbons (Fsp3) is 0.370. The molecule has 10 rings (SSSR count). The molecule has 3 aromatic carbocycles. The average molecular weight is 796 g/mol. The number of fused-ring (bicyclic) bond motifs is 4. The first-order valence-electron chi connectivity index (χ1n) is 20.6. The number of amides is 2. The van der Waals surface area contributed by atoms with Gasteiger partial charge in [-0.25, -0.2) is 4.98 Å². The van der Waals surface area contributed by atoms with E-state index in [2.05, 4.69) is 32.9 Å². The first kappa shape index (κ1) is 37.4. The van der Waals surface area contributed by atoms with Gasteiger partial charge in [0, 0.05) is 94.6 Å². The fourth-order valence-electron chi connectivity index (χ4n) is 9.56. The van der Waals surface area contributed by atoms with Crippen molar-refractivity contribution in [2.75, 3.05) is 76.1 Å². The summed E-state index contributed by atoms with van der Waals surface area (Å²) < 4.78 is 19.6. The van der Waals surface area contributed by atoms with Crippen LogP contribution in [0.3, 0.4) is 0 Å². The highest BCUT2D eigenvalue weighted by Crippen LogP contribution is 2.42. The van der Waals surface area contributed by atoms with Gasteiger partial charge in [0.15, 0.2) is 11.5 Å². The van der Waals surface area contributed by atoms with E-state index < -0.39 is 0 Å². The Labute approximate surface area is 343 Å². The number of carbonyl (C=O) groups excluding carboxylic acids is 2. The predicted molar refractivity (Wildman–Crippen MR) is 224 cm³/mol. The molecule has 5 aromatic rings. The Morgan fingerprint density at radius 2 is 1.68 bits per heavy atom. The van der Waals surface area contributed by atoms with Crippen molar-refractivity contribution in [2.24, 2.45) is 7.05 Å². The topological polar surface area (TPSA) is 116 Å². The van der Waals surface area contributed by atoms with Gasteiger partial charge >= 0.3 is 0 Å². The number of phenols is 1. The Kier molecular flexibility index (Phi) is 9.54. The Bertz CT molecular complexity index is 2450. The number of aromatic nitrogens is 2. The molecular formula is C46H49N7O6. The van der Waals surface area contributed by atoms with Gasteiger partial charge in [0.05, 0.1) is 36.2 Å². The van der Waals surface area contributed by atoms with Crippen LogP contribution in [-0.2, 0) is 31.2 Å². The van der Waals surface area contributed by atoms with Gasteiger partial charge in [0.2, 0.25) is 6.79 Å². The molecule has 7 heterocycles. The summed E-state index contributed by atoms with van der Waals surface area (Å²) in [4.78, 5) is 45.9. The number of rotatable bonds is 7. The summed E-state index contributed by atoms with van der Waals surface area (Å²) in [5, 5.41) is 10.2. The Hall–Kier alpha value is -5.89. The lowest BCUT2D eigenvalue weighted by atomic mass is 9.91. The molecule has 0 aliphatic carbocycles. The molecule has 5 aliphatic rings. The van der Waals surface area contributed by atoms with Gasteiger partial charge in [-0.2, -0.15) is 0 Å². The van der Waals surface area contributed by atoms with Crippen molar-refractivity contribution in [3.8, 4) is 28.5 Å². The van der Waals surface area contributed by atoms with Crippen molar-refractivity contribution >= 4 is 29.0 Å².